The van der Waals surface area contributed by atoms with Crippen LogP contribution in [0.5, 0.6) is 0 Å². The van der Waals surface area contributed by atoms with Crippen LogP contribution in [0.25, 0.3) is 0 Å². The summed E-state index contributed by atoms with van der Waals surface area (Å²) < 4.78 is 0.731. The second-order valence-corrected chi connectivity index (χ2v) is 6.51. The second kappa shape index (κ2) is 4.87. The van der Waals surface area contributed by atoms with Crippen LogP contribution in [0.15, 0.2) is 4.99 Å². The van der Waals surface area contributed by atoms with Crippen molar-refractivity contribution < 1.29 is 0 Å². The van der Waals surface area contributed by atoms with Crippen molar-refractivity contribution in [3.63, 3.8) is 0 Å². The van der Waals surface area contributed by atoms with Gasteiger partial charge in [-0.3, -0.25) is 4.99 Å². The third-order valence-electron chi connectivity index (χ3n) is 1.94. The molecule has 0 aromatic rings. The van der Waals surface area contributed by atoms with Crippen LogP contribution in [0.1, 0.15) is 26.7 Å². The van der Waals surface area contributed by atoms with E-state index in [2.05, 4.69) is 34.8 Å². The molecule has 0 saturated heterocycles. The average Bonchev–Trinajstić information content (AvgIpc) is 2.26. The smallest absolute Gasteiger partial charge is 0.158 e. The van der Waals surface area contributed by atoms with Crippen LogP contribution in [-0.4, -0.2) is 20.6 Å². The first kappa shape index (κ1) is 10.9. The highest BCUT2D eigenvalue weighted by molar-refractivity contribution is 9.09. The van der Waals surface area contributed by atoms with Gasteiger partial charge in [-0.05, 0) is 19.8 Å². The summed E-state index contributed by atoms with van der Waals surface area (Å²) in [6.07, 6.45) is 2.39. The fourth-order valence-corrected chi connectivity index (χ4v) is 2.94. The van der Waals surface area contributed by atoms with E-state index < -0.39 is 0 Å². The van der Waals surface area contributed by atoms with E-state index in [-0.39, 0.29) is 0 Å². The van der Waals surface area contributed by atoms with Crippen LogP contribution in [0, 0.1) is 0 Å². The average molecular weight is 271 g/mol. The van der Waals surface area contributed by atoms with Gasteiger partial charge in [0, 0.05) is 10.1 Å². The minimum atomic E-state index is 0.397. The van der Waals surface area contributed by atoms with Gasteiger partial charge in [0.15, 0.2) is 4.50 Å². The first-order chi connectivity index (χ1) is 5.59. The molecule has 0 aliphatic carbocycles. The molecule has 1 aliphatic heterocycles. The van der Waals surface area contributed by atoms with E-state index in [0.29, 0.717) is 16.1 Å². The zero-order chi connectivity index (χ0) is 9.14. The van der Waals surface area contributed by atoms with Crippen molar-refractivity contribution in [2.75, 3.05) is 0 Å². The number of alkyl halides is 1. The lowest BCUT2D eigenvalue weighted by molar-refractivity contribution is 0.626. The van der Waals surface area contributed by atoms with E-state index in [9.17, 15) is 0 Å². The van der Waals surface area contributed by atoms with Crippen molar-refractivity contribution in [2.24, 2.45) is 4.99 Å². The summed E-state index contributed by atoms with van der Waals surface area (Å²) in [5, 5.41) is 0.595. The fraction of sp³-hybridized carbons (Fsp3) is 0.875. The van der Waals surface area contributed by atoms with Gasteiger partial charge in [-0.2, -0.15) is 0 Å². The monoisotopic (exact) mass is 269 g/mol. The third kappa shape index (κ3) is 3.27. The molecule has 1 heterocycles. The molecule has 0 fully saturated rings. The Balaban J connectivity index is 2.27. The van der Waals surface area contributed by atoms with Gasteiger partial charge in [0.2, 0.25) is 0 Å². The molecular weight excluding hydrogens is 258 g/mol. The predicted molar refractivity (Wildman–Crippen MR) is 61.8 cm³/mol. The van der Waals surface area contributed by atoms with Gasteiger partial charge in [0.1, 0.15) is 0 Å². The molecule has 1 nitrogen and oxygen atoms in total. The van der Waals surface area contributed by atoms with E-state index >= 15 is 0 Å². The number of hydrogen-bond acceptors (Lipinski definition) is 2. The lowest BCUT2D eigenvalue weighted by atomic mass is 10.1. The summed E-state index contributed by atoms with van der Waals surface area (Å²) in [5.74, 6) is 0. The summed E-state index contributed by atoms with van der Waals surface area (Å²) in [5.41, 5.74) is 0. The Hall–Kier alpha value is 0.790. The Morgan fingerprint density at radius 2 is 2.42 bits per heavy atom. The molecule has 0 N–H and O–H groups in total. The molecular formula is C8H13BrClNS. The number of nitrogens with zero attached hydrogens (tertiary/aromatic N) is 1. The topological polar surface area (TPSA) is 12.4 Å². The summed E-state index contributed by atoms with van der Waals surface area (Å²) >= 11 is 11.1. The molecule has 70 valence electrons. The van der Waals surface area contributed by atoms with Crippen molar-refractivity contribution >= 4 is 43.8 Å². The van der Waals surface area contributed by atoms with Gasteiger partial charge >= 0.3 is 0 Å². The first-order valence-electron chi connectivity index (χ1n) is 4.13. The summed E-state index contributed by atoms with van der Waals surface area (Å²) in [4.78, 5) is 4.88. The highest BCUT2D eigenvalue weighted by Crippen LogP contribution is 2.32. The Morgan fingerprint density at radius 3 is 2.83 bits per heavy atom. The molecule has 0 aromatic carbocycles. The molecule has 1 rings (SSSR count). The Morgan fingerprint density at radius 1 is 1.75 bits per heavy atom. The maximum atomic E-state index is 5.82. The number of aliphatic imine (C=N–C) groups is 1. The molecule has 12 heavy (non-hydrogen) atoms. The highest BCUT2D eigenvalue weighted by Gasteiger charge is 2.25. The molecule has 0 aromatic heterocycles. The van der Waals surface area contributed by atoms with Crippen LogP contribution in [0.4, 0.5) is 0 Å². The van der Waals surface area contributed by atoms with Gasteiger partial charge in [-0.15, -0.1) is 0 Å². The third-order valence-corrected chi connectivity index (χ3v) is 4.00. The van der Waals surface area contributed by atoms with Gasteiger partial charge in [0.25, 0.3) is 0 Å². The molecule has 0 amide bonds. The van der Waals surface area contributed by atoms with Crippen LogP contribution in [0.2, 0.25) is 0 Å². The predicted octanol–water partition coefficient (Wildman–Crippen LogP) is 3.65. The van der Waals surface area contributed by atoms with E-state index in [1.165, 1.54) is 12.8 Å². The van der Waals surface area contributed by atoms with Crippen molar-refractivity contribution in [3.05, 3.63) is 0 Å². The summed E-state index contributed by atoms with van der Waals surface area (Å²) in [6, 6.07) is 0.397. The summed E-state index contributed by atoms with van der Waals surface area (Å²) in [7, 11) is 0. The van der Waals surface area contributed by atoms with E-state index in [4.69, 9.17) is 11.6 Å². The fourth-order valence-electron chi connectivity index (χ4n) is 1.19. The largest absolute Gasteiger partial charge is 0.263 e. The lowest BCUT2D eigenvalue weighted by Gasteiger charge is -2.12. The van der Waals surface area contributed by atoms with Crippen molar-refractivity contribution in [1.29, 1.82) is 0 Å². The number of rotatable bonds is 3. The quantitative estimate of drug-likeness (QED) is 0.713. The number of halogens is 2. The van der Waals surface area contributed by atoms with Gasteiger partial charge in [-0.1, -0.05) is 46.2 Å². The van der Waals surface area contributed by atoms with Crippen LogP contribution in [-0.2, 0) is 0 Å². The molecule has 3 atom stereocenters. The lowest BCUT2D eigenvalue weighted by Crippen LogP contribution is -2.14. The van der Waals surface area contributed by atoms with Crippen LogP contribution >= 0.6 is 39.3 Å². The van der Waals surface area contributed by atoms with E-state index in [1.807, 2.05) is 0 Å². The standard InChI is InChI=1S/C8H13BrClNS/c1-5(9)3-4-7-6(2)11-8(10)12-7/h5-7H,3-4H2,1-2H3. The molecule has 3 unspecified atom stereocenters. The van der Waals surface area contributed by atoms with E-state index in [0.717, 1.165) is 4.50 Å². The summed E-state index contributed by atoms with van der Waals surface area (Å²) in [6.45, 7) is 4.30. The van der Waals surface area contributed by atoms with Crippen molar-refractivity contribution in [3.8, 4) is 0 Å². The van der Waals surface area contributed by atoms with Gasteiger partial charge in [0.05, 0.1) is 6.04 Å². The normalized spacial score (nSPS) is 31.8. The molecule has 0 spiro atoms. The zero-order valence-electron chi connectivity index (χ0n) is 7.26. The van der Waals surface area contributed by atoms with Gasteiger partial charge in [-0.25, -0.2) is 0 Å². The Labute approximate surface area is 91.5 Å². The highest BCUT2D eigenvalue weighted by atomic mass is 79.9. The van der Waals surface area contributed by atoms with Crippen LogP contribution < -0.4 is 0 Å². The second-order valence-electron chi connectivity index (χ2n) is 3.14. The molecule has 4 heteroatoms. The SMILES string of the molecule is CC(Br)CCC1SC(Cl)=NC1C. The molecule has 0 radical (unpaired) electrons. The zero-order valence-corrected chi connectivity index (χ0v) is 10.4. The van der Waals surface area contributed by atoms with Crippen LogP contribution in [0.3, 0.4) is 0 Å². The minimum Gasteiger partial charge on any atom is -0.263 e. The Bertz CT molecular complexity index is 184. The molecule has 1 aliphatic rings. The number of hydrogen-bond donors (Lipinski definition) is 0. The maximum absolute atomic E-state index is 5.82. The van der Waals surface area contributed by atoms with E-state index in [1.54, 1.807) is 11.8 Å². The molecule has 0 saturated carbocycles. The molecule has 0 bridgehead atoms. The van der Waals surface area contributed by atoms with Crippen molar-refractivity contribution in [1.82, 2.24) is 0 Å². The van der Waals surface area contributed by atoms with Crippen molar-refractivity contribution in [2.45, 2.75) is 42.8 Å². The number of thioether (sulfide) groups is 1. The maximum Gasteiger partial charge on any atom is 0.158 e. The Kier molecular flexibility index (Phi) is 4.41. The van der Waals surface area contributed by atoms with Gasteiger partial charge < -0.3 is 0 Å². The first-order valence-corrected chi connectivity index (χ1v) is 6.31. The minimum absolute atomic E-state index is 0.397.